The molecule has 3 nitrogen and oxygen atoms in total. The van der Waals surface area contributed by atoms with Gasteiger partial charge in [0.1, 0.15) is 16.0 Å². The predicted octanol–water partition coefficient (Wildman–Crippen LogP) is 3.72. The summed E-state index contributed by atoms with van der Waals surface area (Å²) in [7, 11) is 3.20. The van der Waals surface area contributed by atoms with E-state index < -0.39 is 5.60 Å². The molecule has 1 rings (SSSR count). The van der Waals surface area contributed by atoms with Crippen LogP contribution in [0.1, 0.15) is 32.8 Å². The van der Waals surface area contributed by atoms with Crippen molar-refractivity contribution in [2.45, 2.75) is 32.8 Å². The molecule has 0 aromatic heterocycles. The SMILES string of the molecule is CCC(O)(c1ccc(OC)c(Br)c1OC)C(C)C. The first-order valence-corrected chi connectivity index (χ1v) is 6.85. The third-order valence-electron chi connectivity index (χ3n) is 3.45. The van der Waals surface area contributed by atoms with Crippen LogP contribution in [0.4, 0.5) is 0 Å². The molecule has 0 radical (unpaired) electrons. The van der Waals surface area contributed by atoms with E-state index in [1.165, 1.54) is 0 Å². The molecular formula is C14H21BrO3. The van der Waals surface area contributed by atoms with Crippen LogP contribution in [0.2, 0.25) is 0 Å². The molecule has 1 N–H and O–H groups in total. The maximum atomic E-state index is 10.8. The lowest BCUT2D eigenvalue weighted by Gasteiger charge is -2.33. The lowest BCUT2D eigenvalue weighted by molar-refractivity contribution is -0.0160. The van der Waals surface area contributed by atoms with Crippen LogP contribution in [0.15, 0.2) is 16.6 Å². The zero-order valence-electron chi connectivity index (χ0n) is 11.6. The summed E-state index contributed by atoms with van der Waals surface area (Å²) in [6.07, 6.45) is 0.625. The Balaban J connectivity index is 3.45. The van der Waals surface area contributed by atoms with Crippen molar-refractivity contribution in [3.05, 3.63) is 22.2 Å². The summed E-state index contributed by atoms with van der Waals surface area (Å²) in [6.45, 7) is 5.97. The third-order valence-corrected chi connectivity index (χ3v) is 4.20. The molecule has 4 heteroatoms. The highest BCUT2D eigenvalue weighted by atomic mass is 79.9. The average molecular weight is 317 g/mol. The van der Waals surface area contributed by atoms with Gasteiger partial charge in [-0.05, 0) is 40.4 Å². The molecule has 0 aliphatic carbocycles. The fraction of sp³-hybridized carbons (Fsp3) is 0.571. The van der Waals surface area contributed by atoms with Crippen LogP contribution >= 0.6 is 15.9 Å². The molecule has 0 saturated heterocycles. The van der Waals surface area contributed by atoms with Crippen LogP contribution in [-0.4, -0.2) is 19.3 Å². The van der Waals surface area contributed by atoms with Crippen molar-refractivity contribution in [3.63, 3.8) is 0 Å². The predicted molar refractivity (Wildman–Crippen MR) is 76.3 cm³/mol. The summed E-state index contributed by atoms with van der Waals surface area (Å²) in [4.78, 5) is 0. The second kappa shape index (κ2) is 5.93. The maximum Gasteiger partial charge on any atom is 0.142 e. The molecule has 0 bridgehead atoms. The van der Waals surface area contributed by atoms with Gasteiger partial charge in [-0.2, -0.15) is 0 Å². The molecule has 1 aromatic rings. The van der Waals surface area contributed by atoms with E-state index in [4.69, 9.17) is 9.47 Å². The van der Waals surface area contributed by atoms with E-state index in [9.17, 15) is 5.11 Å². The Morgan fingerprint density at radius 1 is 1.28 bits per heavy atom. The first-order valence-electron chi connectivity index (χ1n) is 6.05. The summed E-state index contributed by atoms with van der Waals surface area (Å²) < 4.78 is 11.4. The molecule has 1 unspecified atom stereocenters. The van der Waals surface area contributed by atoms with Crippen molar-refractivity contribution in [3.8, 4) is 11.5 Å². The molecule has 18 heavy (non-hydrogen) atoms. The zero-order valence-corrected chi connectivity index (χ0v) is 13.2. The first-order chi connectivity index (χ1) is 8.42. The van der Waals surface area contributed by atoms with Gasteiger partial charge in [-0.1, -0.05) is 20.8 Å². The van der Waals surface area contributed by atoms with Gasteiger partial charge in [0.05, 0.1) is 19.8 Å². The topological polar surface area (TPSA) is 38.7 Å². The molecule has 0 aliphatic rings. The molecular weight excluding hydrogens is 296 g/mol. The lowest BCUT2D eigenvalue weighted by Crippen LogP contribution is -2.31. The van der Waals surface area contributed by atoms with Crippen molar-refractivity contribution in [2.75, 3.05) is 14.2 Å². The Kier molecular flexibility index (Phi) is 5.05. The van der Waals surface area contributed by atoms with Gasteiger partial charge in [-0.15, -0.1) is 0 Å². The molecule has 0 amide bonds. The Bertz CT molecular complexity index is 418. The highest BCUT2D eigenvalue weighted by molar-refractivity contribution is 9.10. The van der Waals surface area contributed by atoms with Gasteiger partial charge in [0.25, 0.3) is 0 Å². The molecule has 0 saturated carbocycles. The van der Waals surface area contributed by atoms with E-state index in [1.807, 2.05) is 32.9 Å². The monoisotopic (exact) mass is 316 g/mol. The Morgan fingerprint density at radius 2 is 1.89 bits per heavy atom. The van der Waals surface area contributed by atoms with E-state index >= 15 is 0 Å². The largest absolute Gasteiger partial charge is 0.495 e. The summed E-state index contributed by atoms with van der Waals surface area (Å²) in [5.41, 5.74) is -0.115. The molecule has 0 heterocycles. The number of aliphatic hydroxyl groups is 1. The van der Waals surface area contributed by atoms with Gasteiger partial charge in [0.2, 0.25) is 0 Å². The minimum Gasteiger partial charge on any atom is -0.495 e. The van der Waals surface area contributed by atoms with Gasteiger partial charge >= 0.3 is 0 Å². The highest BCUT2D eigenvalue weighted by Crippen LogP contribution is 2.45. The third kappa shape index (κ3) is 2.50. The number of rotatable bonds is 5. The summed E-state index contributed by atoms with van der Waals surface area (Å²) >= 11 is 3.46. The standard InChI is InChI=1S/C14H21BrO3/c1-6-14(16,9(2)3)10-7-8-11(17-4)12(15)13(10)18-5/h7-9,16H,6H2,1-5H3. The molecule has 0 fully saturated rings. The summed E-state index contributed by atoms with van der Waals surface area (Å²) in [5, 5.41) is 10.8. The van der Waals surface area contributed by atoms with E-state index in [2.05, 4.69) is 15.9 Å². The van der Waals surface area contributed by atoms with Crippen LogP contribution in [0.5, 0.6) is 11.5 Å². The second-order valence-corrected chi connectivity index (χ2v) is 5.39. The number of methoxy groups -OCH3 is 2. The fourth-order valence-electron chi connectivity index (χ4n) is 2.15. The minimum atomic E-state index is -0.903. The fourth-order valence-corrected chi connectivity index (χ4v) is 2.82. The molecule has 0 aliphatic heterocycles. The minimum absolute atomic E-state index is 0.0942. The Labute approximate surface area is 117 Å². The van der Waals surface area contributed by atoms with E-state index in [1.54, 1.807) is 14.2 Å². The van der Waals surface area contributed by atoms with Gasteiger partial charge in [-0.25, -0.2) is 0 Å². The number of hydrogen-bond acceptors (Lipinski definition) is 3. The molecule has 0 spiro atoms. The molecule has 1 atom stereocenters. The number of benzene rings is 1. The number of ether oxygens (including phenoxy) is 2. The van der Waals surface area contributed by atoms with Crippen molar-refractivity contribution >= 4 is 15.9 Å². The van der Waals surface area contributed by atoms with Crippen molar-refractivity contribution in [1.29, 1.82) is 0 Å². The van der Waals surface area contributed by atoms with Crippen LogP contribution in [0, 0.1) is 5.92 Å². The average Bonchev–Trinajstić information content (AvgIpc) is 2.37. The van der Waals surface area contributed by atoms with Crippen molar-refractivity contribution in [1.82, 2.24) is 0 Å². The smallest absolute Gasteiger partial charge is 0.142 e. The van der Waals surface area contributed by atoms with E-state index in [-0.39, 0.29) is 5.92 Å². The molecule has 102 valence electrons. The normalized spacial score (nSPS) is 14.4. The second-order valence-electron chi connectivity index (χ2n) is 4.60. The van der Waals surface area contributed by atoms with Crippen LogP contribution in [-0.2, 0) is 5.60 Å². The van der Waals surface area contributed by atoms with Crippen LogP contribution in [0.3, 0.4) is 0 Å². The van der Waals surface area contributed by atoms with Gasteiger partial charge in [0.15, 0.2) is 0 Å². The lowest BCUT2D eigenvalue weighted by atomic mass is 9.81. The first kappa shape index (κ1) is 15.3. The van der Waals surface area contributed by atoms with Crippen LogP contribution < -0.4 is 9.47 Å². The van der Waals surface area contributed by atoms with E-state index in [0.29, 0.717) is 17.9 Å². The number of halogens is 1. The summed E-state index contributed by atoms with van der Waals surface area (Å²) in [5.74, 6) is 1.42. The number of hydrogen-bond donors (Lipinski definition) is 1. The van der Waals surface area contributed by atoms with E-state index in [0.717, 1.165) is 10.0 Å². The molecule has 1 aromatic carbocycles. The van der Waals surface area contributed by atoms with Gasteiger partial charge in [0, 0.05) is 5.56 Å². The van der Waals surface area contributed by atoms with Gasteiger partial charge in [-0.3, -0.25) is 0 Å². The Morgan fingerprint density at radius 3 is 2.28 bits per heavy atom. The van der Waals surface area contributed by atoms with Crippen molar-refractivity contribution < 1.29 is 14.6 Å². The zero-order chi connectivity index (χ0) is 13.9. The maximum absolute atomic E-state index is 10.8. The Hall–Kier alpha value is -0.740. The summed E-state index contributed by atoms with van der Waals surface area (Å²) in [6, 6.07) is 3.71. The quantitative estimate of drug-likeness (QED) is 0.899. The van der Waals surface area contributed by atoms with Crippen molar-refractivity contribution in [2.24, 2.45) is 5.92 Å². The highest BCUT2D eigenvalue weighted by Gasteiger charge is 2.35. The van der Waals surface area contributed by atoms with Crippen LogP contribution in [0.25, 0.3) is 0 Å². The van der Waals surface area contributed by atoms with Gasteiger partial charge < -0.3 is 14.6 Å².